The summed E-state index contributed by atoms with van der Waals surface area (Å²) in [6.07, 6.45) is 0. The minimum atomic E-state index is 0. The van der Waals surface area contributed by atoms with Crippen molar-refractivity contribution in [2.45, 2.75) is 0 Å². The molecule has 0 fully saturated rings. The van der Waals surface area contributed by atoms with Crippen molar-refractivity contribution in [3.05, 3.63) is 118 Å². The normalized spacial score (nSPS) is 0. The molecule has 0 bridgehead atoms. The molecule has 0 aliphatic heterocycles. The summed E-state index contributed by atoms with van der Waals surface area (Å²) in [4.78, 5) is 0. The van der Waals surface area contributed by atoms with Crippen LogP contribution in [0.5, 0.6) is 0 Å². The van der Waals surface area contributed by atoms with Crippen LogP contribution in [-0.4, -0.2) is 0 Å². The van der Waals surface area contributed by atoms with Crippen LogP contribution in [0.3, 0.4) is 0 Å². The molecular weight excluding hydrogens is 813 g/mol. The SMILES string of the molecule is N.N.N.[CH3-].[CH3-].[CH3-].[CH3-].[CH3-].[CH3-].[CH3-].[CH3-].[CH3-].[CH3-].[CH3-].[CH3-].[CH3-].[CH3-].[CH3-].[Ir].[Ir].[Ir].[NH2-]. The fourth-order valence-corrected chi connectivity index (χ4v) is 0. The number of nitrogens with two attached hydrogens (primary N) is 1. The van der Waals surface area contributed by atoms with Crippen LogP contribution < -0.4 is 18.5 Å². The maximum atomic E-state index is 0. The second-order valence-corrected chi connectivity index (χ2v) is 0. The summed E-state index contributed by atoms with van der Waals surface area (Å²) in [7, 11) is 0. The second kappa shape index (κ2) is 3380. The van der Waals surface area contributed by atoms with E-state index >= 15 is 0 Å². The molecule has 4 nitrogen and oxygen atoms in total. The average Bonchev–Trinajstić information content (AvgIpc) is 0. The maximum Gasteiger partial charge on any atom is 0 e. The first-order valence-corrected chi connectivity index (χ1v) is 0. The van der Waals surface area contributed by atoms with E-state index < -0.39 is 0 Å². The first-order chi connectivity index (χ1) is 0. The Balaban J connectivity index is 0. The summed E-state index contributed by atoms with van der Waals surface area (Å²) in [5.41, 5.74) is 0. The molecule has 0 saturated carbocycles. The van der Waals surface area contributed by atoms with Crippen LogP contribution in [-0.2, 0) is 60.3 Å². The van der Waals surface area contributed by atoms with E-state index in [1.54, 1.807) is 0 Å². The number of hydrogen-bond donors (Lipinski definition) is 3. The molecule has 0 rings (SSSR count). The summed E-state index contributed by atoms with van der Waals surface area (Å²) >= 11 is 0. The van der Waals surface area contributed by atoms with E-state index in [4.69, 9.17) is 0 Å². The Bertz CT molecular complexity index is 26.7. The van der Waals surface area contributed by atoms with E-state index in [1.165, 1.54) is 0 Å². The number of rotatable bonds is 0. The largest absolute Gasteiger partial charge is 0.693 e. The van der Waals surface area contributed by atoms with E-state index in [2.05, 4.69) is 0 Å². The van der Waals surface area contributed by atoms with Gasteiger partial charge in [-0.3, -0.25) is 0 Å². The first kappa shape index (κ1) is 3860. The van der Waals surface area contributed by atoms with Gasteiger partial charge in [0.25, 0.3) is 0 Å². The van der Waals surface area contributed by atoms with Gasteiger partial charge in [0.05, 0.1) is 0 Å². The zero-order valence-corrected chi connectivity index (χ0v) is 25.9. The summed E-state index contributed by atoms with van der Waals surface area (Å²) < 4.78 is 0. The summed E-state index contributed by atoms with van der Waals surface area (Å²) in [5, 5.41) is 0. The van der Waals surface area contributed by atoms with Crippen molar-refractivity contribution < 1.29 is 60.3 Å². The second-order valence-electron chi connectivity index (χ2n) is 0. The maximum absolute atomic E-state index is 0. The van der Waals surface area contributed by atoms with Crippen LogP contribution in [0.2, 0.25) is 0 Å². The Morgan fingerprint density at radius 2 is 0.182 bits per heavy atom. The van der Waals surface area contributed by atoms with Crippen molar-refractivity contribution in [2.75, 3.05) is 0 Å². The van der Waals surface area contributed by atoms with Gasteiger partial charge in [-0.05, 0) is 0 Å². The molecule has 22 heavy (non-hydrogen) atoms. The van der Waals surface area contributed by atoms with Crippen LogP contribution in [0.1, 0.15) is 0 Å². The van der Waals surface area contributed by atoms with E-state index in [-0.39, 0.29) is 196 Å². The Hall–Kier alpha value is 1.79. The van der Waals surface area contributed by atoms with Gasteiger partial charge in [0, 0.05) is 60.3 Å². The minimum Gasteiger partial charge on any atom is -0.693 e. The number of hydrogen-bond acceptors (Lipinski definition) is 3. The smallest absolute Gasteiger partial charge is 0 e. The predicted octanol–water partition coefficient (Wildman–Crippen LogP) is 7.95. The van der Waals surface area contributed by atoms with Gasteiger partial charge in [-0.2, -0.15) is 0 Å². The molecule has 0 spiro atoms. The van der Waals surface area contributed by atoms with Crippen molar-refractivity contribution in [3.8, 4) is 0 Å². The Kier molecular flexibility index (Phi) is 594000. The predicted molar refractivity (Wildman–Crippen MR) is 117 cm³/mol. The first-order valence-electron chi connectivity index (χ1n) is 0. The van der Waals surface area contributed by atoms with Crippen LogP contribution in [0.25, 0.3) is 6.15 Å². The molecule has 0 aliphatic carbocycles. The molecule has 0 aromatic heterocycles. The van der Waals surface area contributed by atoms with Gasteiger partial charge >= 0.3 is 0 Å². The van der Waals surface area contributed by atoms with Gasteiger partial charge in [-0.15, -0.1) is 0 Å². The van der Waals surface area contributed by atoms with Crippen molar-refractivity contribution in [1.82, 2.24) is 18.5 Å². The fourth-order valence-electron chi connectivity index (χ4n) is 0. The molecule has 0 aromatic carbocycles. The molecule has 0 unspecified atom stereocenters. The minimum absolute atomic E-state index is 0. The van der Waals surface area contributed by atoms with E-state index in [0.29, 0.717) is 0 Å². The van der Waals surface area contributed by atoms with Crippen molar-refractivity contribution in [2.24, 2.45) is 0 Å². The van der Waals surface area contributed by atoms with Crippen LogP contribution in [0, 0.1) is 111 Å². The van der Waals surface area contributed by atoms with E-state index in [1.807, 2.05) is 0 Å². The molecule has 3 radical (unpaired) electrons. The van der Waals surface area contributed by atoms with Crippen LogP contribution in [0.4, 0.5) is 0 Å². The molecule has 0 heterocycles. The Morgan fingerprint density at radius 1 is 0.182 bits per heavy atom. The quantitative estimate of drug-likeness (QED) is 0.213. The van der Waals surface area contributed by atoms with Crippen molar-refractivity contribution >= 4 is 0 Å². The molecule has 0 aliphatic rings. The molecule has 0 saturated heterocycles. The molecule has 11 N–H and O–H groups in total. The summed E-state index contributed by atoms with van der Waals surface area (Å²) in [6.45, 7) is 0. The standard InChI is InChI=1S/15CH3.3Ir.3H3N.H2N/h15*1H3;;;;3*1H3;1H2/q15*-1;;;;;;;-1. The summed E-state index contributed by atoms with van der Waals surface area (Å²) in [5.74, 6) is 0. The Labute approximate surface area is 195 Å². The van der Waals surface area contributed by atoms with Gasteiger partial charge in [-0.25, -0.2) is 0 Å². The molecular formula is C15H56Ir3N4-16. The Morgan fingerprint density at radius 3 is 0.182 bits per heavy atom. The fraction of sp³-hybridized carbons (Fsp3) is 0. The summed E-state index contributed by atoms with van der Waals surface area (Å²) in [6, 6.07) is 0. The molecule has 179 valence electrons. The molecule has 0 amide bonds. The van der Waals surface area contributed by atoms with Gasteiger partial charge in [0.1, 0.15) is 0 Å². The van der Waals surface area contributed by atoms with Gasteiger partial charge < -0.3 is 136 Å². The average molecular weight is 869 g/mol. The zero-order chi connectivity index (χ0) is 0. The third-order valence-corrected chi connectivity index (χ3v) is 0. The molecule has 0 aromatic rings. The van der Waals surface area contributed by atoms with Gasteiger partial charge in [0.15, 0.2) is 0 Å². The zero-order valence-electron chi connectivity index (χ0n) is 18.7. The van der Waals surface area contributed by atoms with E-state index in [9.17, 15) is 0 Å². The van der Waals surface area contributed by atoms with Gasteiger partial charge in [0.2, 0.25) is 0 Å². The monoisotopic (exact) mass is 871 g/mol. The third-order valence-electron chi connectivity index (χ3n) is 0. The third kappa shape index (κ3) is 2950. The van der Waals surface area contributed by atoms with Crippen LogP contribution >= 0.6 is 0 Å². The molecule has 0 atom stereocenters. The van der Waals surface area contributed by atoms with E-state index in [0.717, 1.165) is 0 Å². The van der Waals surface area contributed by atoms with Crippen molar-refractivity contribution in [3.63, 3.8) is 0 Å². The topological polar surface area (TPSA) is 138 Å². The molecule has 7 heteroatoms. The van der Waals surface area contributed by atoms with Crippen LogP contribution in [0.15, 0.2) is 0 Å². The van der Waals surface area contributed by atoms with Gasteiger partial charge in [-0.1, -0.05) is 0 Å². The van der Waals surface area contributed by atoms with Crippen molar-refractivity contribution in [1.29, 1.82) is 0 Å².